The second-order valence-electron chi connectivity index (χ2n) is 6.59. The fraction of sp³-hybridized carbons (Fsp3) is 0.611. The van der Waals surface area contributed by atoms with Crippen LogP contribution >= 0.6 is 24.2 Å². The summed E-state index contributed by atoms with van der Waals surface area (Å²) in [6.07, 6.45) is 6.21. The van der Waals surface area contributed by atoms with Gasteiger partial charge in [0, 0.05) is 22.7 Å². The van der Waals surface area contributed by atoms with Crippen molar-refractivity contribution in [2.75, 3.05) is 6.54 Å². The quantitative estimate of drug-likeness (QED) is 0.793. The van der Waals surface area contributed by atoms with Gasteiger partial charge < -0.3 is 10.6 Å². The number of nitrogens with one attached hydrogen (secondary N) is 2. The zero-order valence-corrected chi connectivity index (χ0v) is 15.3. The standard InChI is InChI=1S/C18H26N2OS.ClH/c1-13(22-15-8-3-2-4-9-15)12-19-18(21)17-11-14-7-5-6-10-16(14)20-17;/h2-4,8-9,13-14,16-17,20H,5-7,10-12H2,1H3,(H,19,21);1H. The number of carbonyl (C=O) groups excluding carboxylic acids is 1. The minimum atomic E-state index is 0. The van der Waals surface area contributed by atoms with Gasteiger partial charge in [-0.25, -0.2) is 0 Å². The maximum Gasteiger partial charge on any atom is 0.237 e. The third-order valence-corrected chi connectivity index (χ3v) is 5.94. The molecule has 1 aliphatic heterocycles. The van der Waals surface area contributed by atoms with E-state index < -0.39 is 0 Å². The molecule has 1 aromatic carbocycles. The van der Waals surface area contributed by atoms with Crippen molar-refractivity contribution in [3.05, 3.63) is 30.3 Å². The van der Waals surface area contributed by atoms with Gasteiger partial charge in [0.25, 0.3) is 0 Å². The van der Waals surface area contributed by atoms with Gasteiger partial charge in [0.15, 0.2) is 0 Å². The smallest absolute Gasteiger partial charge is 0.237 e. The fourth-order valence-corrected chi connectivity index (χ4v) is 4.61. The van der Waals surface area contributed by atoms with Crippen molar-refractivity contribution >= 4 is 30.1 Å². The molecule has 3 rings (SSSR count). The Hall–Kier alpha value is -0.710. The summed E-state index contributed by atoms with van der Waals surface area (Å²) in [5.41, 5.74) is 0. The first-order valence-electron chi connectivity index (χ1n) is 8.48. The minimum absolute atomic E-state index is 0. The molecular weight excluding hydrogens is 328 g/mol. The van der Waals surface area contributed by atoms with Crippen LogP contribution in [0.3, 0.4) is 0 Å². The van der Waals surface area contributed by atoms with Crippen LogP contribution in [0.15, 0.2) is 35.2 Å². The Morgan fingerprint density at radius 2 is 2.04 bits per heavy atom. The molecule has 1 heterocycles. The second-order valence-corrected chi connectivity index (χ2v) is 8.10. The number of hydrogen-bond donors (Lipinski definition) is 2. The van der Waals surface area contributed by atoms with Crippen molar-refractivity contribution in [1.29, 1.82) is 0 Å². The lowest BCUT2D eigenvalue weighted by atomic mass is 9.85. The van der Waals surface area contributed by atoms with E-state index in [-0.39, 0.29) is 24.4 Å². The SMILES string of the molecule is CC(CNC(=O)C1CC2CCCCC2N1)Sc1ccccc1.Cl. The van der Waals surface area contributed by atoms with Gasteiger partial charge >= 0.3 is 0 Å². The van der Waals surface area contributed by atoms with E-state index in [9.17, 15) is 4.79 Å². The summed E-state index contributed by atoms with van der Waals surface area (Å²) in [6, 6.07) is 11.0. The number of carbonyl (C=O) groups is 1. The maximum absolute atomic E-state index is 12.4. The Labute approximate surface area is 149 Å². The van der Waals surface area contributed by atoms with Gasteiger partial charge in [-0.2, -0.15) is 0 Å². The van der Waals surface area contributed by atoms with Crippen LogP contribution in [0.1, 0.15) is 39.0 Å². The largest absolute Gasteiger partial charge is 0.354 e. The summed E-state index contributed by atoms with van der Waals surface area (Å²) in [5, 5.41) is 7.06. The molecular formula is C18H27ClN2OS. The number of rotatable bonds is 5. The fourth-order valence-electron chi connectivity index (χ4n) is 3.66. The number of fused-ring (bicyclic) bond motifs is 1. The van der Waals surface area contributed by atoms with Crippen LogP contribution in [-0.4, -0.2) is 29.8 Å². The Balaban J connectivity index is 0.00000192. The molecule has 2 aliphatic rings. The topological polar surface area (TPSA) is 41.1 Å². The molecule has 0 spiro atoms. The first kappa shape index (κ1) is 18.6. The van der Waals surface area contributed by atoms with Gasteiger partial charge in [0.05, 0.1) is 6.04 Å². The monoisotopic (exact) mass is 354 g/mol. The van der Waals surface area contributed by atoms with E-state index in [0.717, 1.165) is 18.9 Å². The summed E-state index contributed by atoms with van der Waals surface area (Å²) >= 11 is 1.81. The summed E-state index contributed by atoms with van der Waals surface area (Å²) < 4.78 is 0. The first-order valence-corrected chi connectivity index (χ1v) is 9.36. The van der Waals surface area contributed by atoms with Crippen LogP contribution < -0.4 is 10.6 Å². The van der Waals surface area contributed by atoms with Crippen molar-refractivity contribution in [2.24, 2.45) is 5.92 Å². The van der Waals surface area contributed by atoms with E-state index in [1.54, 1.807) is 0 Å². The summed E-state index contributed by atoms with van der Waals surface area (Å²) in [4.78, 5) is 13.6. The van der Waals surface area contributed by atoms with Crippen LogP contribution in [0.25, 0.3) is 0 Å². The summed E-state index contributed by atoms with van der Waals surface area (Å²) in [5.74, 6) is 0.913. The number of amides is 1. The highest BCUT2D eigenvalue weighted by Crippen LogP contribution is 2.33. The average molecular weight is 355 g/mol. The lowest BCUT2D eigenvalue weighted by molar-refractivity contribution is -0.122. The molecule has 2 N–H and O–H groups in total. The zero-order valence-electron chi connectivity index (χ0n) is 13.7. The molecule has 2 fully saturated rings. The first-order chi connectivity index (χ1) is 10.7. The van der Waals surface area contributed by atoms with Crippen LogP contribution in [0.4, 0.5) is 0 Å². The molecule has 23 heavy (non-hydrogen) atoms. The molecule has 5 heteroatoms. The van der Waals surface area contributed by atoms with Crippen molar-refractivity contribution in [3.63, 3.8) is 0 Å². The number of benzene rings is 1. The van der Waals surface area contributed by atoms with Gasteiger partial charge in [-0.3, -0.25) is 4.79 Å². The van der Waals surface area contributed by atoms with E-state index in [1.807, 2.05) is 17.8 Å². The molecule has 1 aromatic rings. The number of hydrogen-bond acceptors (Lipinski definition) is 3. The molecule has 0 radical (unpaired) electrons. The molecule has 4 atom stereocenters. The number of halogens is 1. The van der Waals surface area contributed by atoms with Crippen LogP contribution in [-0.2, 0) is 4.79 Å². The van der Waals surface area contributed by atoms with E-state index in [4.69, 9.17) is 0 Å². The molecule has 3 nitrogen and oxygen atoms in total. The van der Waals surface area contributed by atoms with E-state index in [2.05, 4.69) is 41.8 Å². The maximum atomic E-state index is 12.4. The highest BCUT2D eigenvalue weighted by molar-refractivity contribution is 8.00. The van der Waals surface area contributed by atoms with Crippen molar-refractivity contribution in [1.82, 2.24) is 10.6 Å². The van der Waals surface area contributed by atoms with Crippen LogP contribution in [0.5, 0.6) is 0 Å². The molecule has 0 aromatic heterocycles. The van der Waals surface area contributed by atoms with Crippen molar-refractivity contribution in [3.8, 4) is 0 Å². The van der Waals surface area contributed by atoms with Gasteiger partial charge in [0.2, 0.25) is 5.91 Å². The lowest BCUT2D eigenvalue weighted by Crippen LogP contribution is -2.44. The van der Waals surface area contributed by atoms with E-state index in [0.29, 0.717) is 11.3 Å². The zero-order chi connectivity index (χ0) is 15.4. The Morgan fingerprint density at radius 3 is 2.78 bits per heavy atom. The highest BCUT2D eigenvalue weighted by atomic mass is 35.5. The highest BCUT2D eigenvalue weighted by Gasteiger charge is 2.38. The van der Waals surface area contributed by atoms with Gasteiger partial charge in [-0.05, 0) is 37.3 Å². The van der Waals surface area contributed by atoms with Crippen molar-refractivity contribution in [2.45, 2.75) is 61.3 Å². The average Bonchev–Trinajstić information content (AvgIpc) is 2.98. The molecule has 1 saturated carbocycles. The molecule has 1 aliphatic carbocycles. The Morgan fingerprint density at radius 1 is 1.30 bits per heavy atom. The third kappa shape index (κ3) is 5.13. The predicted molar refractivity (Wildman–Crippen MR) is 99.3 cm³/mol. The van der Waals surface area contributed by atoms with Crippen LogP contribution in [0, 0.1) is 5.92 Å². The van der Waals surface area contributed by atoms with E-state index in [1.165, 1.54) is 30.6 Å². The third-order valence-electron chi connectivity index (χ3n) is 4.82. The summed E-state index contributed by atoms with van der Waals surface area (Å²) in [7, 11) is 0. The van der Waals surface area contributed by atoms with Crippen LogP contribution in [0.2, 0.25) is 0 Å². The number of thioether (sulfide) groups is 1. The Kier molecular flexibility index (Phi) is 7.25. The normalized spacial score (nSPS) is 27.6. The molecule has 4 unspecified atom stereocenters. The lowest BCUT2D eigenvalue weighted by Gasteiger charge is -2.24. The Bertz CT molecular complexity index is 485. The van der Waals surface area contributed by atoms with Gasteiger partial charge in [-0.15, -0.1) is 24.2 Å². The predicted octanol–water partition coefficient (Wildman–Crippen LogP) is 3.63. The van der Waals surface area contributed by atoms with Gasteiger partial charge in [0.1, 0.15) is 0 Å². The molecule has 1 amide bonds. The van der Waals surface area contributed by atoms with Crippen molar-refractivity contribution < 1.29 is 4.79 Å². The molecule has 0 bridgehead atoms. The molecule has 128 valence electrons. The van der Waals surface area contributed by atoms with E-state index >= 15 is 0 Å². The minimum Gasteiger partial charge on any atom is -0.354 e. The molecule has 1 saturated heterocycles. The second kappa shape index (κ2) is 8.95. The van der Waals surface area contributed by atoms with Gasteiger partial charge in [-0.1, -0.05) is 38.0 Å². The summed E-state index contributed by atoms with van der Waals surface area (Å²) in [6.45, 7) is 2.89.